The van der Waals surface area contributed by atoms with E-state index in [4.69, 9.17) is 4.74 Å². The molecule has 20 heavy (non-hydrogen) atoms. The largest absolute Gasteiger partial charge is 0.416 e. The van der Waals surface area contributed by atoms with Crippen molar-refractivity contribution in [3.8, 4) is 0 Å². The summed E-state index contributed by atoms with van der Waals surface area (Å²) >= 11 is 0. The first-order chi connectivity index (χ1) is 8.60. The highest BCUT2D eigenvalue weighted by Gasteiger charge is 2.40. The van der Waals surface area contributed by atoms with E-state index in [-0.39, 0.29) is 17.9 Å². The van der Waals surface area contributed by atoms with Crippen molar-refractivity contribution in [3.05, 3.63) is 35.4 Å². The van der Waals surface area contributed by atoms with E-state index in [1.807, 2.05) is 20.8 Å². The van der Waals surface area contributed by atoms with Crippen LogP contribution in [0.5, 0.6) is 0 Å². The van der Waals surface area contributed by atoms with Crippen molar-refractivity contribution in [3.63, 3.8) is 0 Å². The highest BCUT2D eigenvalue weighted by atomic mass is 35.5. The monoisotopic (exact) mass is 309 g/mol. The summed E-state index contributed by atoms with van der Waals surface area (Å²) in [4.78, 5) is 0. The average molecular weight is 310 g/mol. The van der Waals surface area contributed by atoms with Crippen LogP contribution in [0.4, 0.5) is 13.2 Å². The van der Waals surface area contributed by atoms with Gasteiger partial charge in [-0.1, -0.05) is 18.2 Å². The fraction of sp³-hybridized carbons (Fsp3) is 0.571. The van der Waals surface area contributed by atoms with Gasteiger partial charge in [0, 0.05) is 12.0 Å². The Labute approximate surface area is 123 Å². The summed E-state index contributed by atoms with van der Waals surface area (Å²) in [6, 6.07) is 5.39. The zero-order valence-corrected chi connectivity index (χ0v) is 12.5. The second-order valence-electron chi connectivity index (χ2n) is 5.90. The molecule has 2 nitrogen and oxygen atoms in total. The van der Waals surface area contributed by atoms with Crippen LogP contribution in [-0.2, 0) is 17.3 Å². The van der Waals surface area contributed by atoms with E-state index in [0.717, 1.165) is 6.07 Å². The van der Waals surface area contributed by atoms with Gasteiger partial charge in [0.2, 0.25) is 0 Å². The number of halogens is 4. The SMILES string of the molecule is CC1(C)COC(C)(Cc2cccc(C(F)(F)F)c2)N1.Cl. The molecule has 2 rings (SSSR count). The summed E-state index contributed by atoms with van der Waals surface area (Å²) in [5.74, 6) is 0. The minimum atomic E-state index is -4.31. The molecule has 1 saturated heterocycles. The first-order valence-electron chi connectivity index (χ1n) is 6.19. The van der Waals surface area contributed by atoms with Gasteiger partial charge in [0.1, 0.15) is 5.72 Å². The molecule has 1 atom stereocenters. The predicted molar refractivity (Wildman–Crippen MR) is 74.0 cm³/mol. The van der Waals surface area contributed by atoms with Crippen molar-refractivity contribution >= 4 is 12.4 Å². The Morgan fingerprint density at radius 3 is 2.40 bits per heavy atom. The Morgan fingerprint density at radius 2 is 1.90 bits per heavy atom. The molecule has 0 bridgehead atoms. The standard InChI is InChI=1S/C14H18F3NO.ClH/c1-12(2)9-19-13(3,18-12)8-10-5-4-6-11(7-10)14(15,16)17;/h4-7,18H,8-9H2,1-3H3;1H. The van der Waals surface area contributed by atoms with Crippen molar-refractivity contribution in [2.45, 2.75) is 44.6 Å². The number of alkyl halides is 3. The third-order valence-corrected chi connectivity index (χ3v) is 3.15. The summed E-state index contributed by atoms with van der Waals surface area (Å²) < 4.78 is 43.7. The lowest BCUT2D eigenvalue weighted by Gasteiger charge is -2.27. The lowest BCUT2D eigenvalue weighted by atomic mass is 10.0. The van der Waals surface area contributed by atoms with Gasteiger partial charge in [0.15, 0.2) is 0 Å². The normalized spacial score (nSPS) is 25.3. The Kier molecular flexibility index (Phi) is 4.79. The summed E-state index contributed by atoms with van der Waals surface area (Å²) in [6.07, 6.45) is -3.90. The van der Waals surface area contributed by atoms with Crippen molar-refractivity contribution in [2.75, 3.05) is 6.61 Å². The van der Waals surface area contributed by atoms with E-state index in [1.165, 1.54) is 12.1 Å². The van der Waals surface area contributed by atoms with Gasteiger partial charge in [-0.25, -0.2) is 0 Å². The van der Waals surface area contributed by atoms with Crippen molar-refractivity contribution in [1.29, 1.82) is 0 Å². The Balaban J connectivity index is 0.00000200. The second kappa shape index (κ2) is 5.54. The molecule has 0 spiro atoms. The third kappa shape index (κ3) is 4.11. The fourth-order valence-electron chi connectivity index (χ4n) is 2.47. The van der Waals surface area contributed by atoms with Gasteiger partial charge >= 0.3 is 6.18 Å². The molecule has 1 aromatic rings. The maximum absolute atomic E-state index is 12.7. The van der Waals surface area contributed by atoms with Gasteiger partial charge < -0.3 is 4.74 Å². The van der Waals surface area contributed by atoms with E-state index in [2.05, 4.69) is 5.32 Å². The second-order valence-corrected chi connectivity index (χ2v) is 5.90. The van der Waals surface area contributed by atoms with Crippen LogP contribution in [0.25, 0.3) is 0 Å². The molecule has 0 aliphatic carbocycles. The summed E-state index contributed by atoms with van der Waals surface area (Å²) in [6.45, 7) is 6.42. The number of hydrogen-bond donors (Lipinski definition) is 1. The first kappa shape index (κ1) is 17.3. The fourth-order valence-corrected chi connectivity index (χ4v) is 2.47. The van der Waals surface area contributed by atoms with Crippen LogP contribution in [-0.4, -0.2) is 17.9 Å². The third-order valence-electron chi connectivity index (χ3n) is 3.15. The highest BCUT2D eigenvalue weighted by molar-refractivity contribution is 5.85. The van der Waals surface area contributed by atoms with E-state index in [9.17, 15) is 13.2 Å². The Hall–Kier alpha value is -0.780. The van der Waals surface area contributed by atoms with E-state index < -0.39 is 17.5 Å². The van der Waals surface area contributed by atoms with Gasteiger partial charge in [-0.15, -0.1) is 12.4 Å². The van der Waals surface area contributed by atoms with Crippen LogP contribution in [0.3, 0.4) is 0 Å². The predicted octanol–water partition coefficient (Wildman–Crippen LogP) is 3.78. The molecule has 1 aliphatic heterocycles. The van der Waals surface area contributed by atoms with E-state index in [0.29, 0.717) is 18.6 Å². The average Bonchev–Trinajstić information content (AvgIpc) is 2.52. The molecule has 1 aromatic carbocycles. The number of ether oxygens (including phenoxy) is 1. The summed E-state index contributed by atoms with van der Waals surface area (Å²) in [5, 5.41) is 3.31. The zero-order valence-electron chi connectivity index (χ0n) is 11.7. The van der Waals surface area contributed by atoms with Crippen LogP contribution in [0.1, 0.15) is 31.9 Å². The number of benzene rings is 1. The molecule has 0 saturated carbocycles. The van der Waals surface area contributed by atoms with Gasteiger partial charge in [-0.2, -0.15) is 13.2 Å². The summed E-state index contributed by atoms with van der Waals surface area (Å²) in [7, 11) is 0. The lowest BCUT2D eigenvalue weighted by Crippen LogP contribution is -2.47. The van der Waals surface area contributed by atoms with E-state index in [1.54, 1.807) is 6.07 Å². The summed E-state index contributed by atoms with van der Waals surface area (Å²) in [5.41, 5.74) is -0.780. The molecular formula is C14H19ClF3NO. The maximum atomic E-state index is 12.7. The molecular weight excluding hydrogens is 291 g/mol. The quantitative estimate of drug-likeness (QED) is 0.897. The molecule has 0 amide bonds. The zero-order chi connectivity index (χ0) is 14.3. The molecule has 1 aliphatic rings. The van der Waals surface area contributed by atoms with Crippen LogP contribution in [0.15, 0.2) is 24.3 Å². The van der Waals surface area contributed by atoms with Crippen LogP contribution >= 0.6 is 12.4 Å². The van der Waals surface area contributed by atoms with Crippen LogP contribution in [0.2, 0.25) is 0 Å². The highest BCUT2D eigenvalue weighted by Crippen LogP contribution is 2.31. The minimum Gasteiger partial charge on any atom is -0.359 e. The molecule has 0 aromatic heterocycles. The molecule has 0 radical (unpaired) electrons. The van der Waals surface area contributed by atoms with Gasteiger partial charge in [0.05, 0.1) is 12.2 Å². The maximum Gasteiger partial charge on any atom is 0.416 e. The molecule has 1 heterocycles. The van der Waals surface area contributed by atoms with E-state index >= 15 is 0 Å². The topological polar surface area (TPSA) is 21.3 Å². The van der Waals surface area contributed by atoms with Crippen molar-refractivity contribution in [2.24, 2.45) is 0 Å². The molecule has 114 valence electrons. The van der Waals surface area contributed by atoms with Crippen LogP contribution in [0, 0.1) is 0 Å². The Morgan fingerprint density at radius 1 is 1.25 bits per heavy atom. The van der Waals surface area contributed by atoms with Gasteiger partial charge in [0.25, 0.3) is 0 Å². The Bertz CT molecular complexity index is 476. The number of rotatable bonds is 2. The van der Waals surface area contributed by atoms with Crippen LogP contribution < -0.4 is 5.32 Å². The molecule has 1 fully saturated rings. The lowest BCUT2D eigenvalue weighted by molar-refractivity contribution is -0.137. The molecule has 1 unspecified atom stereocenters. The van der Waals surface area contributed by atoms with Crippen molar-refractivity contribution < 1.29 is 17.9 Å². The molecule has 6 heteroatoms. The minimum absolute atomic E-state index is 0. The number of hydrogen-bond acceptors (Lipinski definition) is 2. The van der Waals surface area contributed by atoms with Gasteiger partial charge in [-0.05, 0) is 32.4 Å². The number of nitrogens with one attached hydrogen (secondary N) is 1. The smallest absolute Gasteiger partial charge is 0.359 e. The van der Waals surface area contributed by atoms with Gasteiger partial charge in [-0.3, -0.25) is 5.32 Å². The molecule has 1 N–H and O–H groups in total. The van der Waals surface area contributed by atoms with Crippen molar-refractivity contribution in [1.82, 2.24) is 5.32 Å². The first-order valence-corrected chi connectivity index (χ1v) is 6.19.